The van der Waals surface area contributed by atoms with Crippen molar-refractivity contribution in [1.82, 2.24) is 5.32 Å². The van der Waals surface area contributed by atoms with Crippen LogP contribution in [0.25, 0.3) is 0 Å². The van der Waals surface area contributed by atoms with Crippen LogP contribution in [0, 0.1) is 0 Å². The third-order valence-electron chi connectivity index (χ3n) is 4.16. The molecule has 0 aromatic rings. The van der Waals surface area contributed by atoms with Crippen LogP contribution in [0.2, 0.25) is 0 Å². The minimum absolute atomic E-state index is 0.318. The van der Waals surface area contributed by atoms with E-state index in [1.165, 1.54) is 0 Å². The minimum atomic E-state index is -1.82. The number of ether oxygens (including phenoxy) is 2. The van der Waals surface area contributed by atoms with E-state index < -0.39 is 61.6 Å². The first-order valence-corrected chi connectivity index (χ1v) is 6.99. The summed E-state index contributed by atoms with van der Waals surface area (Å²) in [5, 5.41) is 69.7. The van der Waals surface area contributed by atoms with Gasteiger partial charge in [-0.15, -0.1) is 0 Å². The van der Waals surface area contributed by atoms with Crippen molar-refractivity contribution in [3.8, 4) is 0 Å². The number of hydrogen-bond acceptors (Lipinski definition) is 10. The van der Waals surface area contributed by atoms with Crippen molar-refractivity contribution in [2.75, 3.05) is 26.4 Å². The summed E-state index contributed by atoms with van der Waals surface area (Å²) in [7, 11) is 0. The highest BCUT2D eigenvalue weighted by molar-refractivity contribution is 5.01. The summed E-state index contributed by atoms with van der Waals surface area (Å²) in [6.45, 7) is -1.79. The summed E-state index contributed by atoms with van der Waals surface area (Å²) in [4.78, 5) is 0. The molecule has 3 unspecified atom stereocenters. The van der Waals surface area contributed by atoms with E-state index in [1.807, 2.05) is 0 Å². The standard InChI is InChI=1S/C12H23NO9/c14-1-5-8(17)9(18)7(13-5)6(16)2-21-11-10(19)12(20,3-15)4-22-11/h5-11,13-20H,1-4H2/t5-,6+,7-,8-,9-,10?,11?,12?/m1/s1. The van der Waals surface area contributed by atoms with Gasteiger partial charge in [0.25, 0.3) is 0 Å². The molecule has 10 heteroatoms. The van der Waals surface area contributed by atoms with Gasteiger partial charge in [-0.25, -0.2) is 0 Å². The second-order valence-corrected chi connectivity index (χ2v) is 5.75. The zero-order valence-electron chi connectivity index (χ0n) is 11.8. The molecule has 2 rings (SSSR count). The van der Waals surface area contributed by atoms with Crippen molar-refractivity contribution in [3.63, 3.8) is 0 Å². The molecule has 2 aliphatic heterocycles. The van der Waals surface area contributed by atoms with E-state index in [9.17, 15) is 25.5 Å². The van der Waals surface area contributed by atoms with Crippen molar-refractivity contribution in [2.45, 2.75) is 48.4 Å². The van der Waals surface area contributed by atoms with E-state index in [0.29, 0.717) is 0 Å². The highest BCUT2D eigenvalue weighted by atomic mass is 16.7. The van der Waals surface area contributed by atoms with E-state index >= 15 is 0 Å². The van der Waals surface area contributed by atoms with Crippen LogP contribution < -0.4 is 5.32 Å². The monoisotopic (exact) mass is 325 g/mol. The minimum Gasteiger partial charge on any atom is -0.395 e. The second-order valence-electron chi connectivity index (χ2n) is 5.75. The molecular weight excluding hydrogens is 302 g/mol. The lowest BCUT2D eigenvalue weighted by Gasteiger charge is -2.26. The highest BCUT2D eigenvalue weighted by Gasteiger charge is 2.49. The first-order valence-electron chi connectivity index (χ1n) is 6.99. The topological polar surface area (TPSA) is 172 Å². The molecule has 2 aliphatic rings. The Morgan fingerprint density at radius 3 is 2.41 bits per heavy atom. The van der Waals surface area contributed by atoms with E-state index in [2.05, 4.69) is 5.32 Å². The molecule has 0 spiro atoms. The van der Waals surface area contributed by atoms with Crippen molar-refractivity contribution in [3.05, 3.63) is 0 Å². The Morgan fingerprint density at radius 1 is 1.23 bits per heavy atom. The molecule has 22 heavy (non-hydrogen) atoms. The van der Waals surface area contributed by atoms with Gasteiger partial charge in [0.2, 0.25) is 0 Å². The summed E-state index contributed by atoms with van der Waals surface area (Å²) < 4.78 is 10.2. The molecule has 0 saturated carbocycles. The first-order chi connectivity index (χ1) is 10.3. The quantitative estimate of drug-likeness (QED) is 0.236. The maximum absolute atomic E-state index is 10.00. The third kappa shape index (κ3) is 3.26. The van der Waals surface area contributed by atoms with E-state index in [0.717, 1.165) is 0 Å². The molecule has 0 radical (unpaired) electrons. The summed E-state index contributed by atoms with van der Waals surface area (Å²) in [5.74, 6) is 0. The molecule has 10 nitrogen and oxygen atoms in total. The lowest BCUT2D eigenvalue weighted by molar-refractivity contribution is -0.177. The molecule has 2 heterocycles. The maximum Gasteiger partial charge on any atom is 0.186 e. The van der Waals surface area contributed by atoms with Gasteiger partial charge >= 0.3 is 0 Å². The van der Waals surface area contributed by atoms with Gasteiger partial charge in [0.1, 0.15) is 11.7 Å². The zero-order chi connectivity index (χ0) is 16.5. The summed E-state index contributed by atoms with van der Waals surface area (Å²) in [6, 6.07) is -1.69. The predicted molar refractivity (Wildman–Crippen MR) is 69.6 cm³/mol. The van der Waals surface area contributed by atoms with Crippen molar-refractivity contribution >= 4 is 0 Å². The Morgan fingerprint density at radius 2 is 1.91 bits per heavy atom. The summed E-state index contributed by atoms with van der Waals surface area (Å²) in [6.07, 6.45) is -6.48. The van der Waals surface area contributed by atoms with Crippen LogP contribution in [0.3, 0.4) is 0 Å². The van der Waals surface area contributed by atoms with Gasteiger partial charge < -0.3 is 50.5 Å². The molecule has 2 saturated heterocycles. The molecule has 0 aromatic heterocycles. The average molecular weight is 325 g/mol. The fraction of sp³-hybridized carbons (Fsp3) is 1.00. The van der Waals surface area contributed by atoms with Crippen LogP contribution in [-0.2, 0) is 9.47 Å². The Hall–Kier alpha value is -0.400. The second kappa shape index (κ2) is 7.01. The van der Waals surface area contributed by atoms with Crippen LogP contribution in [-0.4, -0.2) is 111 Å². The normalized spacial score (nSPS) is 47.0. The molecular formula is C12H23NO9. The van der Waals surface area contributed by atoms with Crippen molar-refractivity contribution in [1.29, 1.82) is 0 Å². The van der Waals surface area contributed by atoms with Crippen LogP contribution in [0.1, 0.15) is 0 Å². The molecule has 0 amide bonds. The van der Waals surface area contributed by atoms with Gasteiger partial charge in [0.05, 0.1) is 56.8 Å². The first kappa shape index (κ1) is 17.9. The number of hydrogen-bond donors (Lipinski definition) is 8. The van der Waals surface area contributed by atoms with Gasteiger partial charge in [-0.3, -0.25) is 0 Å². The molecule has 0 aliphatic carbocycles. The predicted octanol–water partition coefficient (Wildman–Crippen LogP) is -5.14. The van der Waals surface area contributed by atoms with Gasteiger partial charge in [0.15, 0.2) is 6.29 Å². The Balaban J connectivity index is 1.85. The van der Waals surface area contributed by atoms with Gasteiger partial charge in [-0.1, -0.05) is 0 Å². The van der Waals surface area contributed by atoms with Gasteiger partial charge in [-0.05, 0) is 0 Å². The fourth-order valence-corrected chi connectivity index (χ4v) is 2.63. The molecule has 8 N–H and O–H groups in total. The lowest BCUT2D eigenvalue weighted by Crippen LogP contribution is -2.49. The highest BCUT2D eigenvalue weighted by Crippen LogP contribution is 2.26. The Bertz CT molecular complexity index is 373. The number of rotatable bonds is 6. The van der Waals surface area contributed by atoms with E-state index in [1.54, 1.807) is 0 Å². The summed E-state index contributed by atoms with van der Waals surface area (Å²) in [5.41, 5.74) is -1.82. The lowest BCUT2D eigenvalue weighted by atomic mass is 10.0. The molecule has 2 fully saturated rings. The Kier molecular flexibility index (Phi) is 5.72. The van der Waals surface area contributed by atoms with Crippen LogP contribution in [0.15, 0.2) is 0 Å². The molecule has 8 atom stereocenters. The maximum atomic E-state index is 10.00. The SMILES string of the molecule is OC[C@H]1N[C@H]([C@@H](O)COC2OCC(O)(CO)C2O)[C@@H](O)[C@@H]1O. The molecule has 0 bridgehead atoms. The summed E-state index contributed by atoms with van der Waals surface area (Å²) >= 11 is 0. The van der Waals surface area contributed by atoms with Crippen LogP contribution in [0.5, 0.6) is 0 Å². The van der Waals surface area contributed by atoms with Crippen LogP contribution in [0.4, 0.5) is 0 Å². The van der Waals surface area contributed by atoms with Crippen molar-refractivity contribution < 1.29 is 45.2 Å². The number of nitrogens with one attached hydrogen (secondary N) is 1. The smallest absolute Gasteiger partial charge is 0.186 e. The largest absolute Gasteiger partial charge is 0.395 e. The molecule has 0 aromatic carbocycles. The fourth-order valence-electron chi connectivity index (χ4n) is 2.63. The molecule has 130 valence electrons. The Labute approximate surface area is 126 Å². The van der Waals surface area contributed by atoms with Crippen molar-refractivity contribution in [2.24, 2.45) is 0 Å². The van der Waals surface area contributed by atoms with Crippen LogP contribution >= 0.6 is 0 Å². The zero-order valence-corrected chi connectivity index (χ0v) is 11.8. The number of aliphatic hydroxyl groups is 7. The van der Waals surface area contributed by atoms with Gasteiger partial charge in [0, 0.05) is 0 Å². The third-order valence-corrected chi connectivity index (χ3v) is 4.16. The van der Waals surface area contributed by atoms with E-state index in [4.69, 9.17) is 19.7 Å². The average Bonchev–Trinajstić information content (AvgIpc) is 2.96. The van der Waals surface area contributed by atoms with Gasteiger partial charge in [-0.2, -0.15) is 0 Å². The van der Waals surface area contributed by atoms with E-state index in [-0.39, 0.29) is 13.2 Å². The number of aliphatic hydroxyl groups excluding tert-OH is 6.